The van der Waals surface area contributed by atoms with Crippen molar-refractivity contribution < 1.29 is 14.3 Å². The molecule has 0 saturated carbocycles. The molecule has 7 nitrogen and oxygen atoms in total. The van der Waals surface area contributed by atoms with Gasteiger partial charge in [0.1, 0.15) is 6.04 Å². The minimum atomic E-state index is -0.631. The van der Waals surface area contributed by atoms with Crippen LogP contribution in [0, 0.1) is 5.92 Å². The zero-order chi connectivity index (χ0) is 15.0. The summed E-state index contributed by atoms with van der Waals surface area (Å²) in [6.07, 6.45) is 6.09. The molecular formula is C13H22N4O3. The van der Waals surface area contributed by atoms with Crippen molar-refractivity contribution in [1.82, 2.24) is 20.2 Å². The van der Waals surface area contributed by atoms with Crippen molar-refractivity contribution in [2.75, 3.05) is 13.7 Å². The van der Waals surface area contributed by atoms with Gasteiger partial charge in [0, 0.05) is 25.5 Å². The van der Waals surface area contributed by atoms with Crippen molar-refractivity contribution in [1.29, 1.82) is 0 Å². The highest BCUT2D eigenvalue weighted by molar-refractivity contribution is 5.83. The van der Waals surface area contributed by atoms with Gasteiger partial charge in [-0.1, -0.05) is 13.8 Å². The number of methoxy groups -OCH3 is 1. The minimum absolute atomic E-state index is 0.0286. The fourth-order valence-electron chi connectivity index (χ4n) is 1.70. The minimum Gasteiger partial charge on any atom is -0.467 e. The van der Waals surface area contributed by atoms with Gasteiger partial charge in [-0.05, 0) is 12.3 Å². The summed E-state index contributed by atoms with van der Waals surface area (Å²) in [5.74, 6) is -0.465. The molecule has 2 amide bonds. The lowest BCUT2D eigenvalue weighted by molar-refractivity contribution is -0.143. The van der Waals surface area contributed by atoms with Crippen molar-refractivity contribution >= 4 is 12.0 Å². The van der Waals surface area contributed by atoms with E-state index in [1.165, 1.54) is 7.11 Å². The Hall–Kier alpha value is -2.05. The summed E-state index contributed by atoms with van der Waals surface area (Å²) in [5, 5.41) is 5.33. The number of carbonyl (C=O) groups is 2. The van der Waals surface area contributed by atoms with Crippen LogP contribution in [0.2, 0.25) is 0 Å². The molecule has 1 atom stereocenters. The molecule has 1 aromatic heterocycles. The zero-order valence-electron chi connectivity index (χ0n) is 12.1. The van der Waals surface area contributed by atoms with E-state index >= 15 is 0 Å². The van der Waals surface area contributed by atoms with Crippen LogP contribution in [0.15, 0.2) is 18.7 Å². The summed E-state index contributed by atoms with van der Waals surface area (Å²) >= 11 is 0. The smallest absolute Gasteiger partial charge is 0.328 e. The highest BCUT2D eigenvalue weighted by Crippen LogP contribution is 2.03. The molecule has 1 aromatic rings. The number of hydrogen-bond donors (Lipinski definition) is 2. The van der Waals surface area contributed by atoms with Crippen molar-refractivity contribution in [3.63, 3.8) is 0 Å². The molecule has 1 rings (SSSR count). The van der Waals surface area contributed by atoms with Crippen LogP contribution in [0.5, 0.6) is 0 Å². The predicted octanol–water partition coefficient (Wildman–Crippen LogP) is 0.770. The van der Waals surface area contributed by atoms with Gasteiger partial charge in [-0.2, -0.15) is 0 Å². The van der Waals surface area contributed by atoms with Crippen molar-refractivity contribution in [3.8, 4) is 0 Å². The average molecular weight is 282 g/mol. The summed E-state index contributed by atoms with van der Waals surface area (Å²) in [4.78, 5) is 27.1. The van der Waals surface area contributed by atoms with Crippen LogP contribution in [-0.4, -0.2) is 41.2 Å². The fraction of sp³-hybridized carbons (Fsp3) is 0.615. The number of ether oxygens (including phenoxy) is 1. The molecule has 0 aromatic carbocycles. The third-order valence-corrected chi connectivity index (χ3v) is 2.85. The first-order valence-electron chi connectivity index (χ1n) is 6.62. The van der Waals surface area contributed by atoms with Gasteiger partial charge in [0.15, 0.2) is 0 Å². The zero-order valence-corrected chi connectivity index (χ0v) is 12.1. The fourth-order valence-corrected chi connectivity index (χ4v) is 1.70. The van der Waals surface area contributed by atoms with Crippen molar-refractivity contribution in [3.05, 3.63) is 18.7 Å². The number of aryl methyl sites for hydroxylation is 1. The van der Waals surface area contributed by atoms with Crippen LogP contribution in [0.1, 0.15) is 20.3 Å². The van der Waals surface area contributed by atoms with Gasteiger partial charge >= 0.3 is 12.0 Å². The van der Waals surface area contributed by atoms with E-state index in [4.69, 9.17) is 0 Å². The molecule has 0 spiro atoms. The number of imidazole rings is 1. The number of nitrogens with one attached hydrogen (secondary N) is 2. The Morgan fingerprint density at radius 2 is 2.15 bits per heavy atom. The van der Waals surface area contributed by atoms with E-state index in [1.54, 1.807) is 12.5 Å². The summed E-state index contributed by atoms with van der Waals surface area (Å²) in [5.41, 5.74) is 0. The first kappa shape index (κ1) is 16.0. The lowest BCUT2D eigenvalue weighted by Gasteiger charge is -2.20. The number of nitrogens with zero attached hydrogens (tertiary/aromatic N) is 2. The van der Waals surface area contributed by atoms with E-state index < -0.39 is 12.0 Å². The number of esters is 1. The molecule has 0 saturated heterocycles. The number of rotatable bonds is 7. The molecule has 0 aliphatic heterocycles. The van der Waals surface area contributed by atoms with Gasteiger partial charge in [-0.25, -0.2) is 14.6 Å². The molecule has 20 heavy (non-hydrogen) atoms. The second-order valence-corrected chi connectivity index (χ2v) is 4.80. The van der Waals surface area contributed by atoms with Crippen LogP contribution in [-0.2, 0) is 16.1 Å². The second-order valence-electron chi connectivity index (χ2n) is 4.80. The Morgan fingerprint density at radius 1 is 1.40 bits per heavy atom. The third-order valence-electron chi connectivity index (χ3n) is 2.85. The Balaban J connectivity index is 2.26. The summed E-state index contributed by atoms with van der Waals surface area (Å²) < 4.78 is 6.59. The monoisotopic (exact) mass is 282 g/mol. The first-order chi connectivity index (χ1) is 9.54. The van der Waals surface area contributed by atoms with Crippen LogP contribution < -0.4 is 10.6 Å². The average Bonchev–Trinajstić information content (AvgIpc) is 2.93. The van der Waals surface area contributed by atoms with Crippen LogP contribution in [0.25, 0.3) is 0 Å². The Kier molecular flexibility index (Phi) is 6.55. The van der Waals surface area contributed by atoms with E-state index in [-0.39, 0.29) is 11.9 Å². The number of hydrogen-bond acceptors (Lipinski definition) is 4. The van der Waals surface area contributed by atoms with Gasteiger partial charge in [-0.3, -0.25) is 0 Å². The lowest BCUT2D eigenvalue weighted by Crippen LogP contribution is -2.49. The quantitative estimate of drug-likeness (QED) is 0.571. The number of amides is 2. The Labute approximate surface area is 118 Å². The maximum Gasteiger partial charge on any atom is 0.328 e. The SMILES string of the molecule is COC(=O)[C@@H](NC(=O)NCCCn1ccnc1)C(C)C. The van der Waals surface area contributed by atoms with E-state index in [0.717, 1.165) is 13.0 Å². The van der Waals surface area contributed by atoms with Gasteiger partial charge in [0.05, 0.1) is 13.4 Å². The summed E-state index contributed by atoms with van der Waals surface area (Å²) in [6.45, 7) is 5.00. The lowest BCUT2D eigenvalue weighted by atomic mass is 10.1. The number of carbonyl (C=O) groups excluding carboxylic acids is 2. The molecule has 0 fully saturated rings. The maximum absolute atomic E-state index is 11.7. The Morgan fingerprint density at radius 3 is 2.70 bits per heavy atom. The number of urea groups is 1. The van der Waals surface area contributed by atoms with Gasteiger partial charge in [0.25, 0.3) is 0 Å². The first-order valence-corrected chi connectivity index (χ1v) is 6.62. The molecule has 0 bridgehead atoms. The third kappa shape index (κ3) is 5.29. The van der Waals surface area contributed by atoms with Crippen LogP contribution in [0.3, 0.4) is 0 Å². The van der Waals surface area contributed by atoms with E-state index in [0.29, 0.717) is 6.54 Å². The molecule has 0 radical (unpaired) electrons. The van der Waals surface area contributed by atoms with Crippen LogP contribution in [0.4, 0.5) is 4.79 Å². The second kappa shape index (κ2) is 8.19. The topological polar surface area (TPSA) is 85.2 Å². The van der Waals surface area contributed by atoms with Gasteiger partial charge in [0.2, 0.25) is 0 Å². The van der Waals surface area contributed by atoms with E-state index in [9.17, 15) is 9.59 Å². The number of aromatic nitrogens is 2. The molecule has 7 heteroatoms. The van der Waals surface area contributed by atoms with Gasteiger partial charge in [-0.15, -0.1) is 0 Å². The normalized spacial score (nSPS) is 12.0. The Bertz CT molecular complexity index is 417. The van der Waals surface area contributed by atoms with Crippen LogP contribution >= 0.6 is 0 Å². The molecule has 0 unspecified atom stereocenters. The standard InChI is InChI=1S/C13H22N4O3/c1-10(2)11(12(18)20-3)16-13(19)15-5-4-7-17-8-6-14-9-17/h6,8-11H,4-5,7H2,1-3H3,(H2,15,16,19)/t11-/m0/s1. The summed E-state index contributed by atoms with van der Waals surface area (Å²) in [6, 6.07) is -0.992. The van der Waals surface area contributed by atoms with Crippen molar-refractivity contribution in [2.24, 2.45) is 5.92 Å². The molecule has 0 aliphatic rings. The highest BCUT2D eigenvalue weighted by Gasteiger charge is 2.24. The molecule has 1 heterocycles. The maximum atomic E-state index is 11.7. The molecule has 0 aliphatic carbocycles. The summed E-state index contributed by atoms with van der Waals surface area (Å²) in [7, 11) is 1.31. The predicted molar refractivity (Wildman–Crippen MR) is 74.0 cm³/mol. The van der Waals surface area contributed by atoms with Gasteiger partial charge < -0.3 is 19.9 Å². The highest BCUT2D eigenvalue weighted by atomic mass is 16.5. The van der Waals surface area contributed by atoms with E-state index in [2.05, 4.69) is 20.4 Å². The molecule has 2 N–H and O–H groups in total. The molecule has 112 valence electrons. The van der Waals surface area contributed by atoms with Crippen molar-refractivity contribution in [2.45, 2.75) is 32.9 Å². The molecular weight excluding hydrogens is 260 g/mol. The van der Waals surface area contributed by atoms with E-state index in [1.807, 2.05) is 24.6 Å². The largest absolute Gasteiger partial charge is 0.467 e.